The maximum atomic E-state index is 13.7. The van der Waals surface area contributed by atoms with E-state index in [1.54, 1.807) is 24.0 Å². The van der Waals surface area contributed by atoms with E-state index in [9.17, 15) is 4.39 Å². The summed E-state index contributed by atoms with van der Waals surface area (Å²) in [5, 5.41) is 3.53. The van der Waals surface area contributed by atoms with Crippen LogP contribution in [-0.2, 0) is 0 Å². The third kappa shape index (κ3) is 4.55. The van der Waals surface area contributed by atoms with E-state index >= 15 is 0 Å². The fraction of sp³-hybridized carbons (Fsp3) is 0.353. The number of hydrogen-bond acceptors (Lipinski definition) is 3. The summed E-state index contributed by atoms with van der Waals surface area (Å²) < 4.78 is 13.7. The van der Waals surface area contributed by atoms with Crippen molar-refractivity contribution < 1.29 is 4.39 Å². The topological polar surface area (TPSA) is 24.9 Å². The number of halogens is 1. The number of pyridine rings is 1. The molecule has 0 aliphatic carbocycles. The maximum Gasteiger partial charge on any atom is 0.136 e. The fourth-order valence-electron chi connectivity index (χ4n) is 2.15. The van der Waals surface area contributed by atoms with Crippen LogP contribution < -0.4 is 5.32 Å². The Bertz CT molecular complexity index is 574. The minimum Gasteiger partial charge on any atom is -0.309 e. The lowest BCUT2D eigenvalue weighted by Crippen LogP contribution is -2.25. The van der Waals surface area contributed by atoms with E-state index in [0.717, 1.165) is 18.7 Å². The van der Waals surface area contributed by atoms with Crippen molar-refractivity contribution in [1.29, 1.82) is 0 Å². The number of aryl methyl sites for hydroxylation is 1. The van der Waals surface area contributed by atoms with Crippen molar-refractivity contribution in [2.24, 2.45) is 0 Å². The highest BCUT2D eigenvalue weighted by molar-refractivity contribution is 7.99. The second kappa shape index (κ2) is 8.15. The van der Waals surface area contributed by atoms with Crippen LogP contribution in [0.4, 0.5) is 4.39 Å². The van der Waals surface area contributed by atoms with Crippen LogP contribution in [0.25, 0.3) is 0 Å². The summed E-state index contributed by atoms with van der Waals surface area (Å²) in [6.45, 7) is 5.17. The zero-order valence-electron chi connectivity index (χ0n) is 12.5. The molecule has 1 heterocycles. The highest BCUT2D eigenvalue weighted by Gasteiger charge is 2.14. The molecule has 4 heteroatoms. The van der Waals surface area contributed by atoms with E-state index in [0.29, 0.717) is 4.90 Å². The third-order valence-corrected chi connectivity index (χ3v) is 4.48. The molecule has 1 aromatic heterocycles. The fourth-order valence-corrected chi connectivity index (χ4v) is 3.18. The van der Waals surface area contributed by atoms with Gasteiger partial charge in [0.25, 0.3) is 0 Å². The summed E-state index contributed by atoms with van der Waals surface area (Å²) >= 11 is 1.54. The molecule has 0 aliphatic heterocycles. The Labute approximate surface area is 130 Å². The molecule has 2 nitrogen and oxygen atoms in total. The second-order valence-electron chi connectivity index (χ2n) is 4.98. The lowest BCUT2D eigenvalue weighted by atomic mass is 10.1. The quantitative estimate of drug-likeness (QED) is 0.769. The van der Waals surface area contributed by atoms with E-state index in [-0.39, 0.29) is 11.9 Å². The highest BCUT2D eigenvalue weighted by atomic mass is 32.2. The Morgan fingerprint density at radius 2 is 2.10 bits per heavy atom. The van der Waals surface area contributed by atoms with Crippen LogP contribution in [0, 0.1) is 12.7 Å². The van der Waals surface area contributed by atoms with Gasteiger partial charge >= 0.3 is 0 Å². The van der Waals surface area contributed by atoms with E-state index in [2.05, 4.69) is 24.1 Å². The minimum atomic E-state index is -0.153. The van der Waals surface area contributed by atoms with Crippen LogP contribution in [-0.4, -0.2) is 17.3 Å². The van der Waals surface area contributed by atoms with Crippen LogP contribution in [0.15, 0.2) is 47.6 Å². The molecule has 1 atom stereocenters. The van der Waals surface area contributed by atoms with E-state index in [4.69, 9.17) is 0 Å². The average Bonchev–Trinajstić information content (AvgIpc) is 2.50. The predicted octanol–water partition coefficient (Wildman–Crippen LogP) is 4.36. The van der Waals surface area contributed by atoms with Crippen molar-refractivity contribution in [2.45, 2.75) is 31.2 Å². The molecule has 1 N–H and O–H groups in total. The molecule has 0 amide bonds. The molecule has 2 rings (SSSR count). The average molecular weight is 304 g/mol. The minimum absolute atomic E-state index is 0.153. The van der Waals surface area contributed by atoms with Gasteiger partial charge in [-0.05, 0) is 49.2 Å². The van der Waals surface area contributed by atoms with E-state index in [1.807, 2.05) is 24.4 Å². The summed E-state index contributed by atoms with van der Waals surface area (Å²) in [6, 6.07) is 9.12. The monoisotopic (exact) mass is 304 g/mol. The van der Waals surface area contributed by atoms with Gasteiger partial charge in [0.1, 0.15) is 5.82 Å². The van der Waals surface area contributed by atoms with Gasteiger partial charge in [0.15, 0.2) is 0 Å². The van der Waals surface area contributed by atoms with Crippen molar-refractivity contribution >= 4 is 11.8 Å². The Morgan fingerprint density at radius 3 is 2.81 bits per heavy atom. The van der Waals surface area contributed by atoms with Gasteiger partial charge < -0.3 is 5.32 Å². The summed E-state index contributed by atoms with van der Waals surface area (Å²) in [4.78, 5) is 4.92. The zero-order valence-corrected chi connectivity index (χ0v) is 13.3. The number of nitrogens with one attached hydrogen (secondary N) is 1. The summed E-state index contributed by atoms with van der Waals surface area (Å²) in [5.41, 5.74) is 2.41. The molecular formula is C17H21FN2S. The summed E-state index contributed by atoms with van der Waals surface area (Å²) in [6.07, 6.45) is 4.78. The van der Waals surface area contributed by atoms with E-state index in [1.165, 1.54) is 17.2 Å². The first-order chi connectivity index (χ1) is 10.2. The highest BCUT2D eigenvalue weighted by Crippen LogP contribution is 2.27. The molecular weight excluding hydrogens is 283 g/mol. The van der Waals surface area contributed by atoms with E-state index < -0.39 is 0 Å². The lowest BCUT2D eigenvalue weighted by molar-refractivity contribution is 0.571. The number of thioether (sulfide) groups is 1. The van der Waals surface area contributed by atoms with Gasteiger partial charge in [-0.25, -0.2) is 4.39 Å². The molecule has 112 valence electrons. The maximum absolute atomic E-state index is 13.7. The van der Waals surface area contributed by atoms with Gasteiger partial charge in [-0.1, -0.05) is 19.1 Å². The molecule has 1 unspecified atom stereocenters. The largest absolute Gasteiger partial charge is 0.309 e. The molecule has 0 radical (unpaired) electrons. The lowest BCUT2D eigenvalue weighted by Gasteiger charge is -2.20. The van der Waals surface area contributed by atoms with Crippen molar-refractivity contribution in [2.75, 3.05) is 12.3 Å². The van der Waals surface area contributed by atoms with Gasteiger partial charge in [-0.2, -0.15) is 0 Å². The summed E-state index contributed by atoms with van der Waals surface area (Å²) in [5.74, 6) is 0.632. The number of benzene rings is 1. The zero-order chi connectivity index (χ0) is 15.1. The Morgan fingerprint density at radius 1 is 1.29 bits per heavy atom. The number of hydrogen-bond donors (Lipinski definition) is 1. The smallest absolute Gasteiger partial charge is 0.136 e. The summed E-state index contributed by atoms with van der Waals surface area (Å²) in [7, 11) is 0. The van der Waals surface area contributed by atoms with Crippen molar-refractivity contribution in [3.05, 3.63) is 59.7 Å². The van der Waals surface area contributed by atoms with Gasteiger partial charge in [0, 0.05) is 29.1 Å². The SMILES string of the molecule is CCCNC(CSc1ccccc1F)c1cnccc1C. The van der Waals surface area contributed by atoms with Crippen LogP contribution in [0.2, 0.25) is 0 Å². The Hall–Kier alpha value is -1.39. The van der Waals surface area contributed by atoms with Crippen molar-refractivity contribution in [3.8, 4) is 0 Å². The molecule has 0 spiro atoms. The van der Waals surface area contributed by atoms with Crippen molar-refractivity contribution in [3.63, 3.8) is 0 Å². The first-order valence-electron chi connectivity index (χ1n) is 7.23. The molecule has 0 bridgehead atoms. The molecule has 0 aliphatic rings. The van der Waals surface area contributed by atoms with Gasteiger partial charge in [0.2, 0.25) is 0 Å². The second-order valence-corrected chi connectivity index (χ2v) is 6.04. The van der Waals surface area contributed by atoms with Crippen LogP contribution >= 0.6 is 11.8 Å². The molecule has 1 aromatic carbocycles. The Balaban J connectivity index is 2.10. The Kier molecular flexibility index (Phi) is 6.21. The standard InChI is InChI=1S/C17H21FN2S/c1-3-9-20-16(14-11-19-10-8-13(14)2)12-21-17-7-5-4-6-15(17)18/h4-8,10-11,16,20H,3,9,12H2,1-2H3. The number of nitrogens with zero attached hydrogens (tertiary/aromatic N) is 1. The normalized spacial score (nSPS) is 12.3. The van der Waals surface area contributed by atoms with Crippen molar-refractivity contribution in [1.82, 2.24) is 10.3 Å². The third-order valence-electron chi connectivity index (χ3n) is 3.34. The van der Waals surface area contributed by atoms with Gasteiger partial charge in [0.05, 0.1) is 0 Å². The van der Waals surface area contributed by atoms with Crippen LogP contribution in [0.5, 0.6) is 0 Å². The van der Waals surface area contributed by atoms with Crippen LogP contribution in [0.1, 0.15) is 30.5 Å². The van der Waals surface area contributed by atoms with Gasteiger partial charge in [-0.15, -0.1) is 11.8 Å². The molecule has 0 saturated carbocycles. The molecule has 0 fully saturated rings. The predicted molar refractivity (Wildman–Crippen MR) is 87.1 cm³/mol. The number of rotatable bonds is 7. The first-order valence-corrected chi connectivity index (χ1v) is 8.22. The number of aromatic nitrogens is 1. The molecule has 21 heavy (non-hydrogen) atoms. The molecule has 2 aromatic rings. The van der Waals surface area contributed by atoms with Gasteiger partial charge in [-0.3, -0.25) is 4.98 Å². The molecule has 0 saturated heterocycles. The van der Waals surface area contributed by atoms with Crippen LogP contribution in [0.3, 0.4) is 0 Å². The first kappa shape index (κ1) is 16.0.